The minimum atomic E-state index is -2.39. The third kappa shape index (κ3) is 5.30. The van der Waals surface area contributed by atoms with Crippen LogP contribution >= 0.6 is 0 Å². The van der Waals surface area contributed by atoms with Crippen molar-refractivity contribution in [2.75, 3.05) is 7.11 Å². The van der Waals surface area contributed by atoms with E-state index in [9.17, 15) is 0 Å². The Labute approximate surface area is 197 Å². The molecule has 3 aromatic rings. The molecule has 0 saturated heterocycles. The van der Waals surface area contributed by atoms with Crippen LogP contribution in [-0.2, 0) is 8.54 Å². The van der Waals surface area contributed by atoms with E-state index in [1.54, 1.807) is 0 Å². The van der Waals surface area contributed by atoms with Crippen LogP contribution in [0.5, 0.6) is 0 Å². The fourth-order valence-electron chi connectivity index (χ4n) is 4.46. The van der Waals surface area contributed by atoms with Gasteiger partial charge in [-0.05, 0) is 40.7 Å². The summed E-state index contributed by atoms with van der Waals surface area (Å²) in [5.41, 5.74) is 4.96. The van der Waals surface area contributed by atoms with Crippen molar-refractivity contribution in [3.05, 3.63) is 102 Å². The van der Waals surface area contributed by atoms with Crippen molar-refractivity contribution in [1.82, 2.24) is 0 Å². The molecule has 0 radical (unpaired) electrons. The molecule has 5 heteroatoms. The monoisotopic (exact) mass is 476 g/mol. The molecule has 0 amide bonds. The third-order valence-electron chi connectivity index (χ3n) is 6.32. The molecule has 0 aliphatic heterocycles. The molecule has 0 saturated carbocycles. The van der Waals surface area contributed by atoms with E-state index in [2.05, 4.69) is 129 Å². The second-order valence-corrected chi connectivity index (χ2v) is 20.4. The highest BCUT2D eigenvalue weighted by Gasteiger charge is 2.41. The van der Waals surface area contributed by atoms with Gasteiger partial charge >= 0.3 is 8.56 Å². The van der Waals surface area contributed by atoms with Crippen LogP contribution in [0.25, 0.3) is 0 Å². The molecule has 168 valence electrons. The molecule has 0 N–H and O–H groups in total. The molecule has 3 aromatic carbocycles. The van der Waals surface area contributed by atoms with Gasteiger partial charge in [-0.3, -0.25) is 0 Å². The Morgan fingerprint density at radius 2 is 1.00 bits per heavy atom. The van der Waals surface area contributed by atoms with Gasteiger partial charge in [-0.1, -0.05) is 116 Å². The lowest BCUT2D eigenvalue weighted by molar-refractivity contribution is 0.298. The van der Waals surface area contributed by atoms with Gasteiger partial charge < -0.3 is 8.54 Å². The first-order valence-electron chi connectivity index (χ1n) is 11.5. The zero-order valence-corrected chi connectivity index (χ0v) is 23.0. The summed E-state index contributed by atoms with van der Waals surface area (Å²) in [5, 5.41) is 4.17. The maximum Gasteiger partial charge on any atom is 0.327 e. The first-order valence-corrected chi connectivity index (χ1v) is 18.8. The predicted octanol–water partition coefficient (Wildman–Crippen LogP) is 5.14. The molecule has 0 heterocycles. The Hall–Kier alpha value is -2.03. The van der Waals surface area contributed by atoms with Crippen LogP contribution in [0.2, 0.25) is 25.2 Å². The van der Waals surface area contributed by atoms with E-state index in [1.165, 1.54) is 15.6 Å². The summed E-state index contributed by atoms with van der Waals surface area (Å²) in [6, 6.07) is 35.0. The van der Waals surface area contributed by atoms with Crippen molar-refractivity contribution in [1.29, 1.82) is 0 Å². The van der Waals surface area contributed by atoms with Crippen molar-refractivity contribution in [2.24, 2.45) is 0 Å². The molecular formula is C27H36O2Si3. The van der Waals surface area contributed by atoms with Crippen molar-refractivity contribution in [2.45, 2.75) is 39.0 Å². The molecule has 3 rings (SSSR count). The van der Waals surface area contributed by atoms with Gasteiger partial charge in [0.15, 0.2) is 16.4 Å². The summed E-state index contributed by atoms with van der Waals surface area (Å²) in [4.78, 5) is 0. The Morgan fingerprint density at radius 3 is 1.31 bits per heavy atom. The fraction of sp³-hybridized carbons (Fsp3) is 0.259. The zero-order chi connectivity index (χ0) is 23.1. The van der Waals surface area contributed by atoms with Crippen LogP contribution in [-0.4, -0.2) is 32.1 Å². The molecule has 0 aliphatic carbocycles. The van der Waals surface area contributed by atoms with E-state index in [1.807, 2.05) is 7.11 Å². The predicted molar refractivity (Wildman–Crippen MR) is 145 cm³/mol. The molecule has 0 unspecified atom stereocenters. The van der Waals surface area contributed by atoms with Gasteiger partial charge in [-0.15, -0.1) is 0 Å². The first kappa shape index (κ1) is 24.6. The highest BCUT2D eigenvalue weighted by Crippen LogP contribution is 2.24. The van der Waals surface area contributed by atoms with Gasteiger partial charge in [0.2, 0.25) is 0 Å². The minimum Gasteiger partial charge on any atom is -0.432 e. The molecule has 0 fully saturated rings. The summed E-state index contributed by atoms with van der Waals surface area (Å²) in [7, 11) is -4.85. The first-order chi connectivity index (χ1) is 15.4. The van der Waals surface area contributed by atoms with Gasteiger partial charge in [0.25, 0.3) is 0 Å². The minimum absolute atomic E-state index is 0.975. The van der Waals surface area contributed by atoms with Gasteiger partial charge in [0, 0.05) is 7.11 Å². The summed E-state index contributed by atoms with van der Waals surface area (Å²) < 4.78 is 12.9. The van der Waals surface area contributed by atoms with Crippen LogP contribution in [0.4, 0.5) is 0 Å². The lowest BCUT2D eigenvalue weighted by Crippen LogP contribution is -2.66. The standard InChI is InChI=1S/C27H36O2Si3/c1-6-31(7-2,28-3)29-30(4,5)23-24-32(25-17-11-8-12-18-25,26-19-13-9-14-20-26)27-21-15-10-16-22-27/h8-24H,6-7H2,1-5H3. The van der Waals surface area contributed by atoms with E-state index in [-0.39, 0.29) is 0 Å². The average Bonchev–Trinajstić information content (AvgIpc) is 2.85. The maximum absolute atomic E-state index is 6.87. The van der Waals surface area contributed by atoms with Crippen LogP contribution < -0.4 is 15.6 Å². The maximum atomic E-state index is 6.87. The molecule has 32 heavy (non-hydrogen) atoms. The second-order valence-electron chi connectivity index (χ2n) is 8.77. The summed E-state index contributed by atoms with van der Waals surface area (Å²) in [6.07, 6.45) is 0. The van der Waals surface area contributed by atoms with E-state index < -0.39 is 25.0 Å². The van der Waals surface area contributed by atoms with E-state index in [0.29, 0.717) is 0 Å². The van der Waals surface area contributed by atoms with Crippen LogP contribution in [0.1, 0.15) is 13.8 Å². The Morgan fingerprint density at radius 1 is 0.625 bits per heavy atom. The largest absolute Gasteiger partial charge is 0.432 e. The van der Waals surface area contributed by atoms with Crippen molar-refractivity contribution in [3.8, 4) is 0 Å². The SMILES string of the molecule is CC[Si](CC)(OC)O[Si](C)(C)C=C[Si](c1ccccc1)(c1ccccc1)c1ccccc1. The smallest absolute Gasteiger partial charge is 0.327 e. The summed E-state index contributed by atoms with van der Waals surface area (Å²) in [5.74, 6) is 0. The summed E-state index contributed by atoms with van der Waals surface area (Å²) >= 11 is 0. The Kier molecular flexibility index (Phi) is 8.25. The number of hydrogen-bond acceptors (Lipinski definition) is 2. The Balaban J connectivity index is 2.19. The molecular weight excluding hydrogens is 441 g/mol. The number of hydrogen-bond donors (Lipinski definition) is 0. The molecule has 0 bridgehead atoms. The van der Waals surface area contributed by atoms with Crippen LogP contribution in [0, 0.1) is 0 Å². The normalized spacial score (nSPS) is 12.9. The molecule has 0 aliphatic rings. The Bertz CT molecular complexity index is 880. The fourth-order valence-corrected chi connectivity index (χ4v) is 17.5. The third-order valence-corrected chi connectivity index (χ3v) is 18.5. The van der Waals surface area contributed by atoms with Gasteiger partial charge in [0.1, 0.15) is 0 Å². The average molecular weight is 477 g/mol. The quantitative estimate of drug-likeness (QED) is 0.298. The molecule has 0 atom stereocenters. The van der Waals surface area contributed by atoms with E-state index in [4.69, 9.17) is 8.54 Å². The van der Waals surface area contributed by atoms with E-state index in [0.717, 1.165) is 12.1 Å². The lowest BCUT2D eigenvalue weighted by Gasteiger charge is -2.36. The zero-order valence-electron chi connectivity index (χ0n) is 20.0. The highest BCUT2D eigenvalue weighted by atomic mass is 28.4. The van der Waals surface area contributed by atoms with Crippen LogP contribution in [0.15, 0.2) is 102 Å². The second kappa shape index (κ2) is 10.7. The molecule has 0 aromatic heterocycles. The summed E-state index contributed by atoms with van der Waals surface area (Å²) in [6.45, 7) is 9.00. The van der Waals surface area contributed by atoms with Crippen molar-refractivity contribution in [3.63, 3.8) is 0 Å². The van der Waals surface area contributed by atoms with Gasteiger partial charge in [-0.2, -0.15) is 0 Å². The van der Waals surface area contributed by atoms with Crippen molar-refractivity contribution < 1.29 is 8.54 Å². The highest BCUT2D eigenvalue weighted by molar-refractivity contribution is 7.15. The van der Waals surface area contributed by atoms with Crippen LogP contribution in [0.3, 0.4) is 0 Å². The van der Waals surface area contributed by atoms with Gasteiger partial charge in [-0.25, -0.2) is 0 Å². The lowest BCUT2D eigenvalue weighted by atomic mass is 10.3. The van der Waals surface area contributed by atoms with Crippen molar-refractivity contribution >= 4 is 40.5 Å². The topological polar surface area (TPSA) is 18.5 Å². The number of rotatable bonds is 10. The van der Waals surface area contributed by atoms with E-state index >= 15 is 0 Å². The number of benzene rings is 3. The van der Waals surface area contributed by atoms with Gasteiger partial charge in [0.05, 0.1) is 0 Å². The molecule has 0 spiro atoms. The molecule has 2 nitrogen and oxygen atoms in total.